The molecule has 0 unspecified atom stereocenters. The standard InChI is InChI=1S/C9H13N5O2S/c1-10-9-12-11-6(17-9)3-14-5-7(15)13(2)4-8(14)16/h3-5H2,1-2H3,(H,10,12). The summed E-state index contributed by atoms with van der Waals surface area (Å²) in [4.78, 5) is 26.1. The summed E-state index contributed by atoms with van der Waals surface area (Å²) >= 11 is 1.38. The number of hydrogen-bond acceptors (Lipinski definition) is 6. The Bertz CT molecular complexity index is 446. The molecule has 17 heavy (non-hydrogen) atoms. The van der Waals surface area contributed by atoms with Crippen LogP contribution in [-0.4, -0.2) is 59.0 Å². The lowest BCUT2D eigenvalue weighted by molar-refractivity contribution is -0.149. The van der Waals surface area contributed by atoms with Gasteiger partial charge in [-0.25, -0.2) is 0 Å². The second-order valence-electron chi connectivity index (χ2n) is 3.75. The number of amides is 2. The van der Waals surface area contributed by atoms with E-state index in [-0.39, 0.29) is 24.9 Å². The van der Waals surface area contributed by atoms with Crippen LogP contribution in [0, 0.1) is 0 Å². The summed E-state index contributed by atoms with van der Waals surface area (Å²) < 4.78 is 0. The van der Waals surface area contributed by atoms with Crippen molar-refractivity contribution in [2.24, 2.45) is 0 Å². The molecule has 2 heterocycles. The molecular weight excluding hydrogens is 242 g/mol. The van der Waals surface area contributed by atoms with E-state index in [2.05, 4.69) is 15.5 Å². The van der Waals surface area contributed by atoms with Crippen molar-refractivity contribution >= 4 is 28.3 Å². The fraction of sp³-hybridized carbons (Fsp3) is 0.556. The maximum absolute atomic E-state index is 11.7. The SMILES string of the molecule is CNc1nnc(CN2CC(=O)N(C)CC2=O)s1. The van der Waals surface area contributed by atoms with Crippen LogP contribution in [0.25, 0.3) is 0 Å². The Balaban J connectivity index is 2.03. The highest BCUT2D eigenvalue weighted by molar-refractivity contribution is 7.15. The van der Waals surface area contributed by atoms with Gasteiger partial charge in [0.2, 0.25) is 16.9 Å². The molecule has 92 valence electrons. The van der Waals surface area contributed by atoms with Crippen molar-refractivity contribution in [2.45, 2.75) is 6.54 Å². The highest BCUT2D eigenvalue weighted by atomic mass is 32.1. The van der Waals surface area contributed by atoms with Crippen molar-refractivity contribution in [1.29, 1.82) is 0 Å². The number of piperazine rings is 1. The van der Waals surface area contributed by atoms with E-state index in [1.54, 1.807) is 14.1 Å². The number of nitrogens with zero attached hydrogens (tertiary/aromatic N) is 4. The molecule has 0 saturated carbocycles. The third-order valence-corrected chi connectivity index (χ3v) is 3.41. The molecule has 1 fully saturated rings. The van der Waals surface area contributed by atoms with Crippen LogP contribution in [0.5, 0.6) is 0 Å². The van der Waals surface area contributed by atoms with Gasteiger partial charge in [-0.15, -0.1) is 10.2 Å². The number of hydrogen-bond donors (Lipinski definition) is 1. The van der Waals surface area contributed by atoms with Gasteiger partial charge in [-0.1, -0.05) is 11.3 Å². The molecule has 2 rings (SSSR count). The van der Waals surface area contributed by atoms with E-state index in [9.17, 15) is 9.59 Å². The summed E-state index contributed by atoms with van der Waals surface area (Å²) in [5, 5.41) is 12.1. The molecule has 8 heteroatoms. The summed E-state index contributed by atoms with van der Waals surface area (Å²) in [5.74, 6) is -0.115. The average Bonchev–Trinajstić information content (AvgIpc) is 2.73. The molecule has 0 radical (unpaired) electrons. The molecule has 2 amide bonds. The van der Waals surface area contributed by atoms with Crippen LogP contribution in [0.1, 0.15) is 5.01 Å². The molecule has 1 N–H and O–H groups in total. The number of rotatable bonds is 3. The third-order valence-electron chi connectivity index (χ3n) is 2.48. The Labute approximate surface area is 102 Å². The van der Waals surface area contributed by atoms with Crippen LogP contribution in [0.3, 0.4) is 0 Å². The predicted octanol–water partition coefficient (Wildman–Crippen LogP) is -0.620. The summed E-state index contributed by atoms with van der Waals surface area (Å²) in [6, 6.07) is 0. The maximum atomic E-state index is 11.7. The molecule has 0 aromatic carbocycles. The Hall–Kier alpha value is -1.70. The smallest absolute Gasteiger partial charge is 0.243 e. The summed E-state index contributed by atoms with van der Waals surface area (Å²) in [6.45, 7) is 0.595. The first kappa shape index (κ1) is 11.8. The van der Waals surface area contributed by atoms with Crippen molar-refractivity contribution in [2.75, 3.05) is 32.5 Å². The van der Waals surface area contributed by atoms with Crippen molar-refractivity contribution in [3.05, 3.63) is 5.01 Å². The maximum Gasteiger partial charge on any atom is 0.243 e. The van der Waals surface area contributed by atoms with Gasteiger partial charge in [0.05, 0.1) is 13.1 Å². The van der Waals surface area contributed by atoms with Gasteiger partial charge in [-0.2, -0.15) is 0 Å². The van der Waals surface area contributed by atoms with Gasteiger partial charge in [0.25, 0.3) is 0 Å². The van der Waals surface area contributed by atoms with Crippen LogP contribution in [-0.2, 0) is 16.1 Å². The van der Waals surface area contributed by atoms with Gasteiger partial charge >= 0.3 is 0 Å². The van der Waals surface area contributed by atoms with Crippen LogP contribution in [0.4, 0.5) is 5.13 Å². The lowest BCUT2D eigenvalue weighted by atomic mass is 10.3. The van der Waals surface area contributed by atoms with Crippen molar-refractivity contribution in [1.82, 2.24) is 20.0 Å². The van der Waals surface area contributed by atoms with Crippen LogP contribution >= 0.6 is 11.3 Å². The monoisotopic (exact) mass is 255 g/mol. The number of nitrogens with one attached hydrogen (secondary N) is 1. The number of anilines is 1. The minimum atomic E-state index is -0.0618. The van der Waals surface area contributed by atoms with E-state index < -0.39 is 0 Å². The van der Waals surface area contributed by atoms with Crippen molar-refractivity contribution in [3.8, 4) is 0 Å². The molecule has 0 aliphatic carbocycles. The second kappa shape index (κ2) is 4.66. The topological polar surface area (TPSA) is 78.4 Å². The summed E-state index contributed by atoms with van der Waals surface area (Å²) in [7, 11) is 3.39. The highest BCUT2D eigenvalue weighted by Gasteiger charge is 2.28. The lowest BCUT2D eigenvalue weighted by Crippen LogP contribution is -2.51. The van der Waals surface area contributed by atoms with Gasteiger partial charge in [0, 0.05) is 14.1 Å². The highest BCUT2D eigenvalue weighted by Crippen LogP contribution is 2.17. The summed E-state index contributed by atoms with van der Waals surface area (Å²) in [6.07, 6.45) is 0. The summed E-state index contributed by atoms with van der Waals surface area (Å²) in [5.41, 5.74) is 0. The molecule has 1 aliphatic rings. The number of carbonyl (C=O) groups excluding carboxylic acids is 2. The van der Waals surface area contributed by atoms with Crippen molar-refractivity contribution < 1.29 is 9.59 Å². The molecule has 0 atom stereocenters. The number of aromatic nitrogens is 2. The fourth-order valence-corrected chi connectivity index (χ4v) is 2.20. The zero-order valence-corrected chi connectivity index (χ0v) is 10.5. The molecule has 0 bridgehead atoms. The first-order valence-corrected chi connectivity index (χ1v) is 5.93. The molecule has 1 aliphatic heterocycles. The van der Waals surface area contributed by atoms with E-state index in [0.29, 0.717) is 11.7 Å². The van der Waals surface area contributed by atoms with Crippen LogP contribution in [0.2, 0.25) is 0 Å². The zero-order chi connectivity index (χ0) is 12.4. The Morgan fingerprint density at radius 1 is 1.29 bits per heavy atom. The molecule has 1 aromatic rings. The predicted molar refractivity (Wildman–Crippen MR) is 62.5 cm³/mol. The third kappa shape index (κ3) is 2.52. The Morgan fingerprint density at radius 3 is 2.71 bits per heavy atom. The van der Waals surface area contributed by atoms with Crippen LogP contribution in [0.15, 0.2) is 0 Å². The first-order valence-electron chi connectivity index (χ1n) is 5.12. The molecule has 0 spiro atoms. The first-order chi connectivity index (χ1) is 8.10. The van der Waals surface area contributed by atoms with Crippen LogP contribution < -0.4 is 5.32 Å². The van der Waals surface area contributed by atoms with E-state index in [4.69, 9.17) is 0 Å². The molecule has 1 aromatic heterocycles. The van der Waals surface area contributed by atoms with E-state index in [0.717, 1.165) is 5.01 Å². The molecule has 1 saturated heterocycles. The Morgan fingerprint density at radius 2 is 2.06 bits per heavy atom. The Kier molecular flexibility index (Phi) is 3.23. The number of likely N-dealkylation sites (N-methyl/N-ethyl adjacent to an activating group) is 1. The second-order valence-corrected chi connectivity index (χ2v) is 4.81. The van der Waals surface area contributed by atoms with Gasteiger partial charge in [-0.05, 0) is 0 Å². The minimum absolute atomic E-state index is 0.0528. The molecular formula is C9H13N5O2S. The van der Waals surface area contributed by atoms with Gasteiger partial charge in [0.15, 0.2) is 0 Å². The van der Waals surface area contributed by atoms with E-state index >= 15 is 0 Å². The fourth-order valence-electron chi connectivity index (χ4n) is 1.49. The van der Waals surface area contributed by atoms with E-state index in [1.165, 1.54) is 21.1 Å². The zero-order valence-electron chi connectivity index (χ0n) is 9.63. The number of carbonyl (C=O) groups is 2. The van der Waals surface area contributed by atoms with E-state index in [1.807, 2.05) is 0 Å². The van der Waals surface area contributed by atoms with Gasteiger partial charge in [-0.3, -0.25) is 9.59 Å². The lowest BCUT2D eigenvalue weighted by Gasteiger charge is -2.30. The normalized spacial score (nSPS) is 16.6. The molecule has 7 nitrogen and oxygen atoms in total. The average molecular weight is 255 g/mol. The van der Waals surface area contributed by atoms with Gasteiger partial charge in [0.1, 0.15) is 11.6 Å². The van der Waals surface area contributed by atoms with Gasteiger partial charge < -0.3 is 15.1 Å². The van der Waals surface area contributed by atoms with Crippen molar-refractivity contribution in [3.63, 3.8) is 0 Å². The minimum Gasteiger partial charge on any atom is -0.363 e. The largest absolute Gasteiger partial charge is 0.363 e. The quantitative estimate of drug-likeness (QED) is 0.779.